The Morgan fingerprint density at radius 1 is 0.256 bits per heavy atom. The Morgan fingerprint density at radius 3 is 0.744 bits per heavy atom. The molecule has 0 aliphatic carbocycles. The smallest absolute Gasteiger partial charge is 0.306 e. The molecule has 0 N–H and O–H groups in total. The molecule has 6 heteroatoms. The van der Waals surface area contributed by atoms with E-state index in [4.69, 9.17) is 14.2 Å². The average Bonchev–Trinajstić information content (AvgIpc) is 3.47. The molecule has 1 atom stereocenters. The van der Waals surface area contributed by atoms with Crippen LogP contribution in [-0.2, 0) is 28.6 Å². The van der Waals surface area contributed by atoms with E-state index in [-0.39, 0.29) is 31.1 Å². The molecular weight excluding hydrogens is 1010 g/mol. The summed E-state index contributed by atoms with van der Waals surface area (Å²) in [6.45, 7) is 6.55. The van der Waals surface area contributed by atoms with Gasteiger partial charge in [0, 0.05) is 19.3 Å². The van der Waals surface area contributed by atoms with Crippen LogP contribution in [0.1, 0.15) is 335 Å². The van der Waals surface area contributed by atoms with Gasteiger partial charge in [-0.3, -0.25) is 14.4 Å². The van der Waals surface area contributed by atoms with Crippen LogP contribution in [0.3, 0.4) is 0 Å². The molecule has 0 aromatic heterocycles. The molecule has 0 saturated heterocycles. The van der Waals surface area contributed by atoms with Crippen molar-refractivity contribution >= 4 is 17.9 Å². The minimum absolute atomic E-state index is 0.0795. The molecule has 82 heavy (non-hydrogen) atoms. The zero-order valence-electron chi connectivity index (χ0n) is 54.0. The molecule has 470 valence electrons. The first-order chi connectivity index (χ1) is 40.5. The molecule has 0 amide bonds. The van der Waals surface area contributed by atoms with E-state index in [1.807, 2.05) is 0 Å². The van der Waals surface area contributed by atoms with E-state index in [2.05, 4.69) is 130 Å². The second-order valence-electron chi connectivity index (χ2n) is 23.1. The molecule has 0 aromatic rings. The van der Waals surface area contributed by atoms with Gasteiger partial charge < -0.3 is 14.2 Å². The molecular formula is C76H130O6. The third-order valence-corrected chi connectivity index (χ3v) is 15.0. The number of ether oxygens (including phenoxy) is 3. The van der Waals surface area contributed by atoms with Gasteiger partial charge in [-0.2, -0.15) is 0 Å². The summed E-state index contributed by atoms with van der Waals surface area (Å²) in [4.78, 5) is 38.4. The molecule has 6 nitrogen and oxygen atoms in total. The van der Waals surface area contributed by atoms with Crippen LogP contribution in [0, 0.1) is 0 Å². The zero-order valence-corrected chi connectivity index (χ0v) is 54.0. The van der Waals surface area contributed by atoms with Crippen molar-refractivity contribution in [3.8, 4) is 0 Å². The monoisotopic (exact) mass is 1140 g/mol. The van der Waals surface area contributed by atoms with Gasteiger partial charge in [-0.1, -0.05) is 336 Å². The Bertz CT molecular complexity index is 1640. The molecule has 0 bridgehead atoms. The van der Waals surface area contributed by atoms with E-state index < -0.39 is 6.10 Å². The molecule has 0 heterocycles. The third-order valence-electron chi connectivity index (χ3n) is 15.0. The highest BCUT2D eigenvalue weighted by molar-refractivity contribution is 5.71. The van der Waals surface area contributed by atoms with Crippen LogP contribution < -0.4 is 0 Å². The topological polar surface area (TPSA) is 78.9 Å². The molecule has 0 spiro atoms. The lowest BCUT2D eigenvalue weighted by Gasteiger charge is -2.18. The minimum Gasteiger partial charge on any atom is -0.462 e. The normalized spacial score (nSPS) is 12.8. The van der Waals surface area contributed by atoms with Crippen LogP contribution in [0.15, 0.2) is 109 Å². The van der Waals surface area contributed by atoms with E-state index in [0.717, 1.165) is 135 Å². The van der Waals surface area contributed by atoms with Gasteiger partial charge in [0.05, 0.1) is 0 Å². The predicted octanol–water partition coefficient (Wildman–Crippen LogP) is 24.2. The summed E-state index contributed by atoms with van der Waals surface area (Å²) >= 11 is 0. The van der Waals surface area contributed by atoms with Gasteiger partial charge in [0.25, 0.3) is 0 Å². The van der Waals surface area contributed by atoms with Crippen LogP contribution in [-0.4, -0.2) is 37.2 Å². The second-order valence-corrected chi connectivity index (χ2v) is 23.1. The number of carbonyl (C=O) groups is 3. The van der Waals surface area contributed by atoms with E-state index in [1.165, 1.54) is 161 Å². The molecule has 0 aliphatic heterocycles. The summed E-state index contributed by atoms with van der Waals surface area (Å²) in [5.74, 6) is -0.883. The number of rotatable bonds is 63. The van der Waals surface area contributed by atoms with Crippen LogP contribution >= 0.6 is 0 Å². The zero-order chi connectivity index (χ0) is 59.2. The summed E-state index contributed by atoms with van der Waals surface area (Å²) in [5.41, 5.74) is 0. The number of esters is 3. The van der Waals surface area contributed by atoms with Gasteiger partial charge in [-0.25, -0.2) is 0 Å². The summed E-state index contributed by atoms with van der Waals surface area (Å²) in [5, 5.41) is 0. The van der Waals surface area contributed by atoms with Crippen molar-refractivity contribution in [3.63, 3.8) is 0 Å². The maximum Gasteiger partial charge on any atom is 0.306 e. The number of hydrogen-bond acceptors (Lipinski definition) is 6. The fourth-order valence-electron chi connectivity index (χ4n) is 9.85. The van der Waals surface area contributed by atoms with Crippen molar-refractivity contribution in [3.05, 3.63) is 109 Å². The lowest BCUT2D eigenvalue weighted by atomic mass is 10.0. The Kier molecular flexibility index (Phi) is 66.2. The van der Waals surface area contributed by atoms with Gasteiger partial charge in [-0.05, 0) is 89.9 Å². The van der Waals surface area contributed by atoms with Gasteiger partial charge in [0.2, 0.25) is 0 Å². The number of hydrogen-bond donors (Lipinski definition) is 0. The van der Waals surface area contributed by atoms with Gasteiger partial charge in [0.15, 0.2) is 6.10 Å². The first-order valence-electron chi connectivity index (χ1n) is 34.9. The molecule has 0 rings (SSSR count). The summed E-state index contributed by atoms with van der Waals surface area (Å²) < 4.78 is 17.0. The average molecular weight is 1140 g/mol. The first kappa shape index (κ1) is 78.1. The van der Waals surface area contributed by atoms with Gasteiger partial charge in [-0.15, -0.1) is 0 Å². The van der Waals surface area contributed by atoms with E-state index in [1.54, 1.807) is 0 Å². The molecule has 1 unspecified atom stereocenters. The maximum absolute atomic E-state index is 12.9. The number of carbonyl (C=O) groups excluding carboxylic acids is 3. The van der Waals surface area contributed by atoms with Crippen molar-refractivity contribution in [2.45, 2.75) is 341 Å². The fourth-order valence-corrected chi connectivity index (χ4v) is 9.85. The van der Waals surface area contributed by atoms with Crippen LogP contribution in [0.2, 0.25) is 0 Å². The fraction of sp³-hybridized carbons (Fsp3) is 0.724. The van der Waals surface area contributed by atoms with Crippen molar-refractivity contribution in [2.24, 2.45) is 0 Å². The van der Waals surface area contributed by atoms with Crippen molar-refractivity contribution in [2.75, 3.05) is 13.2 Å². The maximum atomic E-state index is 12.9. The lowest BCUT2D eigenvalue weighted by molar-refractivity contribution is -0.167. The first-order valence-corrected chi connectivity index (χ1v) is 34.9. The van der Waals surface area contributed by atoms with Gasteiger partial charge >= 0.3 is 17.9 Å². The molecule has 0 aliphatic rings. The Hall–Kier alpha value is -3.93. The number of allylic oxidation sites excluding steroid dienone is 18. The third kappa shape index (κ3) is 66.9. The van der Waals surface area contributed by atoms with Gasteiger partial charge in [0.1, 0.15) is 13.2 Å². The molecule has 0 saturated carbocycles. The molecule has 0 fully saturated rings. The predicted molar refractivity (Wildman–Crippen MR) is 357 cm³/mol. The Balaban J connectivity index is 4.32. The van der Waals surface area contributed by atoms with Crippen LogP contribution in [0.5, 0.6) is 0 Å². The SMILES string of the molecule is CC/C=C\C/C=C\C/C=C\C/C=C\C/C=C\C/C=C\C/C=C\C/C=C\C/C=C\CCCCCCCC(=O)OCC(COC(=O)CCCCCCCCCCCCCCCC)OC(=O)CCCCCCCCCCCCCCCCCCC. The largest absolute Gasteiger partial charge is 0.462 e. The lowest BCUT2D eigenvalue weighted by Crippen LogP contribution is -2.30. The van der Waals surface area contributed by atoms with Crippen molar-refractivity contribution in [1.82, 2.24) is 0 Å². The Labute approximate surface area is 508 Å². The highest BCUT2D eigenvalue weighted by atomic mass is 16.6. The molecule has 0 radical (unpaired) electrons. The Morgan fingerprint density at radius 2 is 0.476 bits per heavy atom. The minimum atomic E-state index is -0.785. The van der Waals surface area contributed by atoms with Crippen LogP contribution in [0.4, 0.5) is 0 Å². The standard InChI is InChI=1S/C76H130O6/c1-4-7-10-13-16-19-22-25-28-30-31-32-33-34-35-36-37-38-39-40-41-42-43-44-45-47-48-51-54-57-60-63-66-69-75(78)81-72-73(71-80-74(77)68-65-62-59-56-53-50-27-24-21-18-15-12-9-6-3)82-76(79)70-67-64-61-58-55-52-49-46-29-26-23-20-17-14-11-8-5-2/h7,10,16,19,25,28,31-32,34-35,37-38,40-41,43-44,47-48,73H,4-6,8-9,11-15,17-18,20-24,26-27,29-30,33,36,39,42,45-46,49-72H2,1-3H3/b10-7-,19-16-,28-25-,32-31-,35-34-,38-37-,41-40-,44-43-,48-47-. The summed E-state index contributed by atoms with van der Waals surface area (Å²) in [7, 11) is 0. The summed E-state index contributed by atoms with van der Waals surface area (Å²) in [6.07, 6.45) is 95.3. The highest BCUT2D eigenvalue weighted by Gasteiger charge is 2.19. The second kappa shape index (κ2) is 69.6. The summed E-state index contributed by atoms with van der Waals surface area (Å²) in [6, 6.07) is 0. The number of unbranched alkanes of at least 4 members (excludes halogenated alkanes) is 34. The molecule has 0 aromatic carbocycles. The van der Waals surface area contributed by atoms with E-state index in [9.17, 15) is 14.4 Å². The van der Waals surface area contributed by atoms with Crippen molar-refractivity contribution < 1.29 is 28.6 Å². The quantitative estimate of drug-likeness (QED) is 0.0261. The van der Waals surface area contributed by atoms with E-state index >= 15 is 0 Å². The van der Waals surface area contributed by atoms with Crippen molar-refractivity contribution in [1.29, 1.82) is 0 Å². The highest BCUT2D eigenvalue weighted by Crippen LogP contribution is 2.17. The van der Waals surface area contributed by atoms with E-state index in [0.29, 0.717) is 19.3 Å². The van der Waals surface area contributed by atoms with Crippen LogP contribution in [0.25, 0.3) is 0 Å².